The number of hydrogen-bond donors (Lipinski definition) is 1. The highest BCUT2D eigenvalue weighted by molar-refractivity contribution is 5.31. The second kappa shape index (κ2) is 3.28. The lowest BCUT2D eigenvalue weighted by Crippen LogP contribution is -2.23. The van der Waals surface area contributed by atoms with Crippen LogP contribution in [0.3, 0.4) is 0 Å². The van der Waals surface area contributed by atoms with Gasteiger partial charge in [-0.25, -0.2) is 0 Å². The Kier molecular flexibility index (Phi) is 2.23. The average molecular weight is 192 g/mol. The first-order valence-corrected chi connectivity index (χ1v) is 5.01. The number of methoxy groups -OCH3 is 1. The third-order valence-corrected chi connectivity index (χ3v) is 3.05. The highest BCUT2D eigenvalue weighted by Gasteiger charge is 2.40. The highest BCUT2D eigenvalue weighted by atomic mass is 16.5. The predicted octanol–water partition coefficient (Wildman–Crippen LogP) is 2.31. The molecule has 1 N–H and O–H groups in total. The molecule has 2 heteroatoms. The van der Waals surface area contributed by atoms with Crippen LogP contribution in [0.2, 0.25) is 0 Å². The van der Waals surface area contributed by atoms with Crippen molar-refractivity contribution in [1.29, 1.82) is 0 Å². The molecule has 0 spiro atoms. The molecule has 0 bridgehead atoms. The van der Waals surface area contributed by atoms with E-state index in [1.807, 2.05) is 31.2 Å². The third kappa shape index (κ3) is 1.62. The molecular weight excluding hydrogens is 176 g/mol. The van der Waals surface area contributed by atoms with Gasteiger partial charge in [-0.2, -0.15) is 0 Å². The zero-order chi connectivity index (χ0) is 10.2. The van der Waals surface area contributed by atoms with Crippen LogP contribution < -0.4 is 4.74 Å². The molecule has 1 atom stereocenters. The smallest absolute Gasteiger partial charge is 0.118 e. The van der Waals surface area contributed by atoms with Crippen LogP contribution in [0.5, 0.6) is 5.75 Å². The van der Waals surface area contributed by atoms with Gasteiger partial charge in [0.05, 0.1) is 12.7 Å². The Morgan fingerprint density at radius 1 is 1.29 bits per heavy atom. The third-order valence-electron chi connectivity index (χ3n) is 3.05. The van der Waals surface area contributed by atoms with E-state index < -0.39 is 5.60 Å². The zero-order valence-corrected chi connectivity index (χ0v) is 8.66. The van der Waals surface area contributed by atoms with Crippen molar-refractivity contribution in [3.63, 3.8) is 0 Å². The van der Waals surface area contributed by atoms with Crippen molar-refractivity contribution in [2.45, 2.75) is 25.4 Å². The van der Waals surface area contributed by atoms with Gasteiger partial charge >= 0.3 is 0 Å². The molecule has 1 aromatic rings. The van der Waals surface area contributed by atoms with Gasteiger partial charge in [0.2, 0.25) is 0 Å². The summed E-state index contributed by atoms with van der Waals surface area (Å²) in [6.45, 7) is 1.90. The molecule has 1 fully saturated rings. The molecule has 2 nitrogen and oxygen atoms in total. The summed E-state index contributed by atoms with van der Waals surface area (Å²) in [7, 11) is 1.65. The van der Waals surface area contributed by atoms with Gasteiger partial charge in [0.15, 0.2) is 0 Å². The first-order valence-electron chi connectivity index (χ1n) is 5.01. The number of hydrogen-bond acceptors (Lipinski definition) is 2. The molecule has 2 rings (SSSR count). The van der Waals surface area contributed by atoms with Gasteiger partial charge in [-0.3, -0.25) is 0 Å². The van der Waals surface area contributed by atoms with Gasteiger partial charge in [0.1, 0.15) is 5.75 Å². The molecule has 0 heterocycles. The van der Waals surface area contributed by atoms with Crippen molar-refractivity contribution in [2.24, 2.45) is 5.92 Å². The summed E-state index contributed by atoms with van der Waals surface area (Å²) in [6.07, 6.45) is 2.28. The van der Waals surface area contributed by atoms with Crippen molar-refractivity contribution in [1.82, 2.24) is 0 Å². The summed E-state index contributed by atoms with van der Waals surface area (Å²) in [5.41, 5.74) is 0.326. The van der Waals surface area contributed by atoms with Crippen LogP contribution in [0.15, 0.2) is 24.3 Å². The Morgan fingerprint density at radius 2 is 1.86 bits per heavy atom. The monoisotopic (exact) mass is 192 g/mol. The summed E-state index contributed by atoms with van der Waals surface area (Å²) < 4.78 is 5.08. The normalized spacial score (nSPS) is 20.2. The highest BCUT2D eigenvalue weighted by Crippen LogP contribution is 2.45. The fraction of sp³-hybridized carbons (Fsp3) is 0.500. The van der Waals surface area contributed by atoms with Crippen molar-refractivity contribution in [3.05, 3.63) is 29.8 Å². The van der Waals surface area contributed by atoms with Crippen molar-refractivity contribution in [2.75, 3.05) is 7.11 Å². The van der Waals surface area contributed by atoms with Crippen LogP contribution in [0, 0.1) is 5.92 Å². The van der Waals surface area contributed by atoms with E-state index in [1.54, 1.807) is 7.11 Å². The molecule has 0 unspecified atom stereocenters. The molecule has 0 saturated heterocycles. The fourth-order valence-corrected chi connectivity index (χ4v) is 1.81. The maximum Gasteiger partial charge on any atom is 0.118 e. The molecule has 1 saturated carbocycles. The van der Waals surface area contributed by atoms with Gasteiger partial charge < -0.3 is 9.84 Å². The quantitative estimate of drug-likeness (QED) is 0.796. The van der Waals surface area contributed by atoms with E-state index in [9.17, 15) is 5.11 Å². The SMILES string of the molecule is COc1ccc([C@@](C)(O)C2CC2)cc1. The summed E-state index contributed by atoms with van der Waals surface area (Å²) >= 11 is 0. The second-order valence-corrected chi connectivity index (χ2v) is 4.15. The molecule has 76 valence electrons. The van der Waals surface area contributed by atoms with Gasteiger partial charge in [0, 0.05) is 0 Å². The second-order valence-electron chi connectivity index (χ2n) is 4.15. The van der Waals surface area contributed by atoms with Crippen LogP contribution in [0.4, 0.5) is 0 Å². The van der Waals surface area contributed by atoms with Crippen molar-refractivity contribution in [3.8, 4) is 5.75 Å². The Morgan fingerprint density at radius 3 is 2.29 bits per heavy atom. The Bertz CT molecular complexity index is 310. The molecule has 1 aromatic carbocycles. The molecule has 1 aliphatic rings. The van der Waals surface area contributed by atoms with E-state index in [4.69, 9.17) is 4.74 Å². The van der Waals surface area contributed by atoms with E-state index in [0.29, 0.717) is 5.92 Å². The van der Waals surface area contributed by atoms with Crippen LogP contribution >= 0.6 is 0 Å². The van der Waals surface area contributed by atoms with E-state index in [0.717, 1.165) is 24.2 Å². The lowest BCUT2D eigenvalue weighted by Gasteiger charge is -2.23. The summed E-state index contributed by atoms with van der Waals surface area (Å²) in [4.78, 5) is 0. The average Bonchev–Trinajstić information content (AvgIpc) is 3.01. The van der Waals surface area contributed by atoms with Gasteiger partial charge in [-0.15, -0.1) is 0 Å². The van der Waals surface area contributed by atoms with Crippen molar-refractivity contribution >= 4 is 0 Å². The molecule has 0 radical (unpaired) electrons. The van der Waals surface area contributed by atoms with Crippen LogP contribution in [0.25, 0.3) is 0 Å². The van der Waals surface area contributed by atoms with E-state index in [-0.39, 0.29) is 0 Å². The molecule has 0 aliphatic heterocycles. The predicted molar refractivity (Wildman–Crippen MR) is 55.3 cm³/mol. The van der Waals surface area contributed by atoms with Crippen molar-refractivity contribution < 1.29 is 9.84 Å². The van der Waals surface area contributed by atoms with Gasteiger partial charge in [-0.05, 0) is 43.4 Å². The minimum atomic E-state index is -0.660. The number of ether oxygens (including phenoxy) is 1. The van der Waals surface area contributed by atoms with Crippen LogP contribution in [-0.4, -0.2) is 12.2 Å². The number of rotatable bonds is 3. The molecule has 1 aliphatic carbocycles. The fourth-order valence-electron chi connectivity index (χ4n) is 1.81. The van der Waals surface area contributed by atoms with Gasteiger partial charge in [-0.1, -0.05) is 12.1 Å². The minimum Gasteiger partial charge on any atom is -0.497 e. The molecular formula is C12H16O2. The van der Waals surface area contributed by atoms with E-state index in [2.05, 4.69) is 0 Å². The largest absolute Gasteiger partial charge is 0.497 e. The van der Waals surface area contributed by atoms with Crippen LogP contribution in [0.1, 0.15) is 25.3 Å². The maximum atomic E-state index is 10.2. The van der Waals surface area contributed by atoms with E-state index >= 15 is 0 Å². The summed E-state index contributed by atoms with van der Waals surface area (Å²) in [5.74, 6) is 1.27. The van der Waals surface area contributed by atoms with Crippen LogP contribution in [-0.2, 0) is 5.60 Å². The Balaban J connectivity index is 2.23. The standard InChI is InChI=1S/C12H16O2/c1-12(13,9-3-4-9)10-5-7-11(14-2)8-6-10/h5-9,13H,3-4H2,1-2H3/t12-/m0/s1. The molecule has 0 amide bonds. The maximum absolute atomic E-state index is 10.2. The first kappa shape index (κ1) is 9.53. The first-order chi connectivity index (χ1) is 6.64. The molecule has 0 aromatic heterocycles. The van der Waals surface area contributed by atoms with Gasteiger partial charge in [0.25, 0.3) is 0 Å². The summed E-state index contributed by atoms with van der Waals surface area (Å²) in [6, 6.07) is 7.67. The topological polar surface area (TPSA) is 29.5 Å². The minimum absolute atomic E-state index is 0.441. The number of aliphatic hydroxyl groups is 1. The Hall–Kier alpha value is -1.02. The summed E-state index contributed by atoms with van der Waals surface area (Å²) in [5, 5.41) is 10.2. The Labute approximate surface area is 84.5 Å². The molecule has 14 heavy (non-hydrogen) atoms. The van der Waals surface area contributed by atoms with E-state index in [1.165, 1.54) is 0 Å². The lowest BCUT2D eigenvalue weighted by molar-refractivity contribution is 0.0330. The zero-order valence-electron chi connectivity index (χ0n) is 8.66. The number of benzene rings is 1. The lowest BCUT2D eigenvalue weighted by atomic mass is 9.91.